The summed E-state index contributed by atoms with van der Waals surface area (Å²) < 4.78 is 0. The normalized spacial score (nSPS) is 14.3. The second kappa shape index (κ2) is 16.3. The van der Waals surface area contributed by atoms with Crippen molar-refractivity contribution in [2.24, 2.45) is 11.8 Å². The van der Waals surface area contributed by atoms with Crippen molar-refractivity contribution >= 4 is 0 Å². The molecule has 0 spiro atoms. The van der Waals surface area contributed by atoms with Crippen LogP contribution in [0.25, 0.3) is 0 Å². The van der Waals surface area contributed by atoms with Crippen LogP contribution in [0.1, 0.15) is 97.3 Å². The molecule has 2 N–H and O–H groups in total. The third-order valence-electron chi connectivity index (χ3n) is 4.82. The first kappa shape index (κ1) is 20.9. The van der Waals surface area contributed by atoms with Crippen LogP contribution in [0.15, 0.2) is 0 Å². The Labute approximate surface area is 133 Å². The minimum Gasteiger partial charge on any atom is -0.396 e. The fraction of sp³-hybridized carbons (Fsp3) is 1.00. The fourth-order valence-corrected chi connectivity index (χ4v) is 3.21. The third-order valence-corrected chi connectivity index (χ3v) is 4.82. The van der Waals surface area contributed by atoms with Gasteiger partial charge in [-0.1, -0.05) is 84.5 Å². The Hall–Kier alpha value is -0.0800. The number of hydrogen-bond donors (Lipinski definition) is 2. The van der Waals surface area contributed by atoms with Crippen molar-refractivity contribution in [3.8, 4) is 0 Å². The first-order chi connectivity index (χ1) is 10.3. The average Bonchev–Trinajstić information content (AvgIpc) is 2.48. The first-order valence-electron chi connectivity index (χ1n) is 9.47. The van der Waals surface area contributed by atoms with Gasteiger partial charge < -0.3 is 10.2 Å². The second-order valence-electron chi connectivity index (χ2n) is 6.73. The van der Waals surface area contributed by atoms with E-state index in [1.54, 1.807) is 0 Å². The lowest BCUT2D eigenvalue weighted by atomic mass is 9.84. The molecule has 0 radical (unpaired) electrons. The maximum Gasteiger partial charge on any atom is 0.0433 e. The van der Waals surface area contributed by atoms with Gasteiger partial charge in [0.15, 0.2) is 0 Å². The second-order valence-corrected chi connectivity index (χ2v) is 6.73. The molecule has 0 aromatic carbocycles. The molecule has 128 valence electrons. The molecule has 0 aliphatic rings. The molecule has 2 heteroatoms. The van der Waals surface area contributed by atoms with E-state index in [0.29, 0.717) is 11.8 Å². The molecule has 0 aliphatic carbocycles. The van der Waals surface area contributed by atoms with Gasteiger partial charge in [-0.3, -0.25) is 0 Å². The number of rotatable bonds is 16. The summed E-state index contributed by atoms with van der Waals surface area (Å²) in [5.74, 6) is 1.14. The molecule has 2 nitrogen and oxygen atoms in total. The molecule has 0 rings (SSSR count). The minimum atomic E-state index is 0.279. The van der Waals surface area contributed by atoms with Crippen LogP contribution in [0.4, 0.5) is 0 Å². The highest BCUT2D eigenvalue weighted by atomic mass is 16.3. The molecule has 0 saturated carbocycles. The van der Waals surface area contributed by atoms with Crippen molar-refractivity contribution in [2.75, 3.05) is 13.2 Å². The first-order valence-corrected chi connectivity index (χ1v) is 9.47. The van der Waals surface area contributed by atoms with Crippen LogP contribution in [0.2, 0.25) is 0 Å². The third kappa shape index (κ3) is 13.3. The zero-order valence-electron chi connectivity index (χ0n) is 14.7. The van der Waals surface area contributed by atoms with E-state index in [0.717, 1.165) is 12.8 Å². The van der Waals surface area contributed by atoms with Crippen LogP contribution in [0.5, 0.6) is 0 Å². The van der Waals surface area contributed by atoms with Gasteiger partial charge in [-0.2, -0.15) is 0 Å². The highest BCUT2D eigenvalue weighted by Crippen LogP contribution is 2.25. The van der Waals surface area contributed by atoms with Gasteiger partial charge in [-0.25, -0.2) is 0 Å². The SMILES string of the molecule is CCCCCCCCCCCCC(CCO)C(C)CCO. The lowest BCUT2D eigenvalue weighted by molar-refractivity contribution is 0.182. The van der Waals surface area contributed by atoms with Gasteiger partial charge in [-0.15, -0.1) is 0 Å². The molecule has 0 amide bonds. The highest BCUT2D eigenvalue weighted by molar-refractivity contribution is 4.66. The van der Waals surface area contributed by atoms with E-state index in [9.17, 15) is 0 Å². The van der Waals surface area contributed by atoms with E-state index in [2.05, 4.69) is 13.8 Å². The smallest absolute Gasteiger partial charge is 0.0433 e. The van der Waals surface area contributed by atoms with Crippen molar-refractivity contribution in [1.29, 1.82) is 0 Å². The predicted molar refractivity (Wildman–Crippen MR) is 92.5 cm³/mol. The Morgan fingerprint density at radius 1 is 0.619 bits per heavy atom. The Morgan fingerprint density at radius 2 is 1.10 bits per heavy atom. The van der Waals surface area contributed by atoms with Gasteiger partial charge in [0.25, 0.3) is 0 Å². The van der Waals surface area contributed by atoms with Crippen LogP contribution in [0.3, 0.4) is 0 Å². The maximum absolute atomic E-state index is 9.15. The van der Waals surface area contributed by atoms with Crippen molar-refractivity contribution in [3.05, 3.63) is 0 Å². The maximum atomic E-state index is 9.15. The summed E-state index contributed by atoms with van der Waals surface area (Å²) in [5, 5.41) is 18.2. The van der Waals surface area contributed by atoms with Crippen LogP contribution in [-0.4, -0.2) is 23.4 Å². The Morgan fingerprint density at radius 3 is 1.57 bits per heavy atom. The quantitative estimate of drug-likeness (QED) is 0.379. The molecule has 2 unspecified atom stereocenters. The van der Waals surface area contributed by atoms with E-state index < -0.39 is 0 Å². The lowest BCUT2D eigenvalue weighted by Crippen LogP contribution is -2.15. The molecule has 0 fully saturated rings. The Bertz CT molecular complexity index is 194. The van der Waals surface area contributed by atoms with Gasteiger partial charge in [-0.05, 0) is 24.7 Å². The Balaban J connectivity index is 3.45. The molecule has 21 heavy (non-hydrogen) atoms. The summed E-state index contributed by atoms with van der Waals surface area (Å²) in [4.78, 5) is 0. The van der Waals surface area contributed by atoms with Crippen molar-refractivity contribution in [1.82, 2.24) is 0 Å². The van der Waals surface area contributed by atoms with Crippen molar-refractivity contribution < 1.29 is 10.2 Å². The molecular weight excluding hydrogens is 260 g/mol. The summed E-state index contributed by atoms with van der Waals surface area (Å²) >= 11 is 0. The van der Waals surface area contributed by atoms with E-state index in [-0.39, 0.29) is 13.2 Å². The van der Waals surface area contributed by atoms with Gasteiger partial charge in [0.2, 0.25) is 0 Å². The molecule has 2 atom stereocenters. The van der Waals surface area contributed by atoms with Crippen molar-refractivity contribution in [3.63, 3.8) is 0 Å². The summed E-state index contributed by atoms with van der Waals surface area (Å²) in [6, 6.07) is 0. The molecular formula is C19H40O2. The summed E-state index contributed by atoms with van der Waals surface area (Å²) in [6.45, 7) is 5.05. The van der Waals surface area contributed by atoms with Gasteiger partial charge >= 0.3 is 0 Å². The minimum absolute atomic E-state index is 0.279. The van der Waals surface area contributed by atoms with Gasteiger partial charge in [0, 0.05) is 13.2 Å². The van der Waals surface area contributed by atoms with Crippen LogP contribution in [0, 0.1) is 11.8 Å². The van der Waals surface area contributed by atoms with Gasteiger partial charge in [0.1, 0.15) is 0 Å². The van der Waals surface area contributed by atoms with E-state index in [4.69, 9.17) is 10.2 Å². The zero-order valence-corrected chi connectivity index (χ0v) is 14.7. The predicted octanol–water partition coefficient (Wildman–Crippen LogP) is 5.31. The number of aliphatic hydroxyl groups excluding tert-OH is 2. The summed E-state index contributed by atoms with van der Waals surface area (Å²) in [6.07, 6.45) is 16.8. The number of hydrogen-bond acceptors (Lipinski definition) is 2. The van der Waals surface area contributed by atoms with E-state index in [1.807, 2.05) is 0 Å². The van der Waals surface area contributed by atoms with Gasteiger partial charge in [0.05, 0.1) is 0 Å². The monoisotopic (exact) mass is 300 g/mol. The molecule has 0 heterocycles. The lowest BCUT2D eigenvalue weighted by Gasteiger charge is -2.22. The molecule has 0 aromatic rings. The standard InChI is InChI=1S/C19H40O2/c1-3-4-5-6-7-8-9-10-11-12-13-19(15-17-21)18(2)14-16-20/h18-21H,3-17H2,1-2H3. The number of aliphatic hydroxyl groups is 2. The van der Waals surface area contributed by atoms with Crippen LogP contribution < -0.4 is 0 Å². The van der Waals surface area contributed by atoms with E-state index in [1.165, 1.54) is 70.6 Å². The zero-order chi connectivity index (χ0) is 15.8. The molecule has 0 saturated heterocycles. The van der Waals surface area contributed by atoms with Crippen molar-refractivity contribution in [2.45, 2.75) is 97.3 Å². The molecule has 0 aromatic heterocycles. The largest absolute Gasteiger partial charge is 0.396 e. The summed E-state index contributed by atoms with van der Waals surface area (Å²) in [5.41, 5.74) is 0. The van der Waals surface area contributed by atoms with E-state index >= 15 is 0 Å². The Kier molecular flexibility index (Phi) is 16.2. The highest BCUT2D eigenvalue weighted by Gasteiger charge is 2.15. The topological polar surface area (TPSA) is 40.5 Å². The van der Waals surface area contributed by atoms with Crippen LogP contribution >= 0.6 is 0 Å². The summed E-state index contributed by atoms with van der Waals surface area (Å²) in [7, 11) is 0. The number of unbranched alkanes of at least 4 members (excludes halogenated alkanes) is 9. The van der Waals surface area contributed by atoms with Crippen LogP contribution in [-0.2, 0) is 0 Å². The average molecular weight is 301 g/mol. The molecule has 0 aliphatic heterocycles. The molecule has 0 bridgehead atoms. The fourth-order valence-electron chi connectivity index (χ4n) is 3.21.